The maximum atomic E-state index is 12.2. The predicted octanol–water partition coefficient (Wildman–Crippen LogP) is 3.19. The third-order valence-electron chi connectivity index (χ3n) is 3.78. The number of amides is 1. The fourth-order valence-electron chi connectivity index (χ4n) is 2.53. The van der Waals surface area contributed by atoms with E-state index in [0.717, 1.165) is 23.7 Å². The van der Waals surface area contributed by atoms with Crippen LogP contribution in [0.4, 0.5) is 0 Å². The number of nitrogens with one attached hydrogen (secondary N) is 2. The molecule has 4 nitrogen and oxygen atoms in total. The number of carbonyl (C=O) groups is 1. The van der Waals surface area contributed by atoms with Crippen molar-refractivity contribution in [2.75, 3.05) is 19.6 Å². The second-order valence-electron chi connectivity index (χ2n) is 5.47. The van der Waals surface area contributed by atoms with Gasteiger partial charge in [-0.2, -0.15) is 0 Å². The van der Waals surface area contributed by atoms with Crippen molar-refractivity contribution in [3.63, 3.8) is 0 Å². The summed E-state index contributed by atoms with van der Waals surface area (Å²) in [6.07, 6.45) is 2.35. The second kappa shape index (κ2) is 7.22. The van der Waals surface area contributed by atoms with Crippen LogP contribution in [0.3, 0.4) is 0 Å². The molecule has 22 heavy (non-hydrogen) atoms. The summed E-state index contributed by atoms with van der Waals surface area (Å²) in [5.41, 5.74) is 1.46. The van der Waals surface area contributed by atoms with Crippen LogP contribution in [0.25, 0.3) is 10.6 Å². The normalized spacial score (nSPS) is 18.1. The maximum Gasteiger partial charge on any atom is 0.270 e. The smallest absolute Gasteiger partial charge is 0.270 e. The SMILES string of the molecule is O=C(NCC1CCCNC1)c1csc(-c2ccc(Cl)cc2)n1. The molecule has 1 unspecified atom stereocenters. The molecule has 0 aliphatic carbocycles. The molecule has 3 rings (SSSR count). The van der Waals surface area contributed by atoms with E-state index in [-0.39, 0.29) is 5.91 Å². The molecule has 0 saturated carbocycles. The number of hydrogen-bond donors (Lipinski definition) is 2. The van der Waals surface area contributed by atoms with Gasteiger partial charge in [0.15, 0.2) is 0 Å². The summed E-state index contributed by atoms with van der Waals surface area (Å²) in [5, 5.41) is 9.67. The highest BCUT2D eigenvalue weighted by Gasteiger charge is 2.16. The van der Waals surface area contributed by atoms with Crippen LogP contribution in [0, 0.1) is 5.92 Å². The van der Waals surface area contributed by atoms with Gasteiger partial charge in [0.05, 0.1) is 0 Å². The molecule has 1 amide bonds. The number of piperidine rings is 1. The first-order chi connectivity index (χ1) is 10.7. The molecule has 0 spiro atoms. The number of nitrogens with zero attached hydrogens (tertiary/aromatic N) is 1. The Balaban J connectivity index is 1.60. The second-order valence-corrected chi connectivity index (χ2v) is 6.76. The summed E-state index contributed by atoms with van der Waals surface area (Å²) in [6.45, 7) is 2.77. The molecule has 2 heterocycles. The summed E-state index contributed by atoms with van der Waals surface area (Å²) in [4.78, 5) is 16.6. The molecular formula is C16H18ClN3OS. The third kappa shape index (κ3) is 3.85. The minimum atomic E-state index is -0.0953. The van der Waals surface area contributed by atoms with Crippen molar-refractivity contribution < 1.29 is 4.79 Å². The quantitative estimate of drug-likeness (QED) is 0.902. The molecule has 0 bridgehead atoms. The monoisotopic (exact) mass is 335 g/mol. The molecule has 2 N–H and O–H groups in total. The van der Waals surface area contributed by atoms with Crippen molar-refractivity contribution in [3.8, 4) is 10.6 Å². The van der Waals surface area contributed by atoms with Crippen molar-refractivity contribution in [2.24, 2.45) is 5.92 Å². The molecule has 1 aliphatic heterocycles. The van der Waals surface area contributed by atoms with Gasteiger partial charge in [-0.3, -0.25) is 4.79 Å². The van der Waals surface area contributed by atoms with Gasteiger partial charge in [-0.05, 0) is 44.0 Å². The summed E-state index contributed by atoms with van der Waals surface area (Å²) >= 11 is 7.35. The molecule has 1 aliphatic rings. The van der Waals surface area contributed by atoms with Crippen molar-refractivity contribution >= 4 is 28.8 Å². The lowest BCUT2D eigenvalue weighted by atomic mass is 10.00. The van der Waals surface area contributed by atoms with Crippen molar-refractivity contribution in [1.29, 1.82) is 0 Å². The standard InChI is InChI=1S/C16H18ClN3OS/c17-13-5-3-12(4-6-13)16-20-14(10-22-16)15(21)19-9-11-2-1-7-18-8-11/h3-6,10-11,18H,1-2,7-9H2,(H,19,21). The minimum Gasteiger partial charge on any atom is -0.350 e. The van der Waals surface area contributed by atoms with Crippen LogP contribution in [-0.2, 0) is 0 Å². The van der Waals surface area contributed by atoms with Gasteiger partial charge in [0.1, 0.15) is 10.7 Å². The minimum absolute atomic E-state index is 0.0953. The van der Waals surface area contributed by atoms with Gasteiger partial charge in [0.25, 0.3) is 5.91 Å². The summed E-state index contributed by atoms with van der Waals surface area (Å²) in [6, 6.07) is 7.48. The van der Waals surface area contributed by atoms with Gasteiger partial charge < -0.3 is 10.6 Å². The number of benzene rings is 1. The van der Waals surface area contributed by atoms with Crippen LogP contribution < -0.4 is 10.6 Å². The van der Waals surface area contributed by atoms with Crippen molar-refractivity contribution in [3.05, 3.63) is 40.4 Å². The van der Waals surface area contributed by atoms with Crippen LogP contribution >= 0.6 is 22.9 Å². The molecule has 1 saturated heterocycles. The largest absolute Gasteiger partial charge is 0.350 e. The van der Waals surface area contributed by atoms with Crippen molar-refractivity contribution in [2.45, 2.75) is 12.8 Å². The lowest BCUT2D eigenvalue weighted by Crippen LogP contribution is -2.38. The molecule has 1 aromatic carbocycles. The van der Waals surface area contributed by atoms with Crippen molar-refractivity contribution in [1.82, 2.24) is 15.6 Å². The van der Waals surface area contributed by atoms with E-state index < -0.39 is 0 Å². The Morgan fingerprint density at radius 2 is 2.23 bits per heavy atom. The van der Waals surface area contributed by atoms with Crippen LogP contribution in [-0.4, -0.2) is 30.5 Å². The average molecular weight is 336 g/mol. The average Bonchev–Trinajstić information content (AvgIpc) is 3.04. The first kappa shape index (κ1) is 15.5. The zero-order chi connectivity index (χ0) is 15.4. The lowest BCUT2D eigenvalue weighted by molar-refractivity contribution is 0.0940. The number of hydrogen-bond acceptors (Lipinski definition) is 4. The van der Waals surface area contributed by atoms with Crippen LogP contribution in [0.5, 0.6) is 0 Å². The van der Waals surface area contributed by atoms with E-state index in [1.165, 1.54) is 24.2 Å². The highest BCUT2D eigenvalue weighted by molar-refractivity contribution is 7.13. The maximum absolute atomic E-state index is 12.2. The number of rotatable bonds is 4. The van der Waals surface area contributed by atoms with E-state index in [1.807, 2.05) is 24.3 Å². The van der Waals surface area contributed by atoms with Gasteiger partial charge in [-0.15, -0.1) is 11.3 Å². The first-order valence-electron chi connectivity index (χ1n) is 7.43. The lowest BCUT2D eigenvalue weighted by Gasteiger charge is -2.22. The Labute approximate surface area is 138 Å². The Morgan fingerprint density at radius 3 is 2.95 bits per heavy atom. The Kier molecular flexibility index (Phi) is 5.08. The third-order valence-corrected chi connectivity index (χ3v) is 4.92. The molecular weight excluding hydrogens is 318 g/mol. The molecule has 0 radical (unpaired) electrons. The number of thiazole rings is 1. The molecule has 1 fully saturated rings. The number of carbonyl (C=O) groups excluding carboxylic acids is 1. The molecule has 1 atom stereocenters. The van der Waals surface area contributed by atoms with Gasteiger partial charge in [-0.25, -0.2) is 4.98 Å². The van der Waals surface area contributed by atoms with Gasteiger partial charge in [0.2, 0.25) is 0 Å². The predicted molar refractivity (Wildman–Crippen MR) is 90.5 cm³/mol. The number of halogens is 1. The summed E-state index contributed by atoms with van der Waals surface area (Å²) < 4.78 is 0. The summed E-state index contributed by atoms with van der Waals surface area (Å²) in [7, 11) is 0. The van der Waals surface area contributed by atoms with E-state index in [0.29, 0.717) is 23.2 Å². The van der Waals surface area contributed by atoms with Crippen LogP contribution in [0.1, 0.15) is 23.3 Å². The topological polar surface area (TPSA) is 54.0 Å². The van der Waals surface area contributed by atoms with E-state index in [2.05, 4.69) is 15.6 Å². The zero-order valence-electron chi connectivity index (χ0n) is 12.1. The fraction of sp³-hybridized carbons (Fsp3) is 0.375. The van der Waals surface area contributed by atoms with E-state index in [4.69, 9.17) is 11.6 Å². The first-order valence-corrected chi connectivity index (χ1v) is 8.68. The van der Waals surface area contributed by atoms with Gasteiger partial charge >= 0.3 is 0 Å². The molecule has 6 heteroatoms. The van der Waals surface area contributed by atoms with Gasteiger partial charge in [-0.1, -0.05) is 23.7 Å². The summed E-state index contributed by atoms with van der Waals surface area (Å²) in [5.74, 6) is 0.425. The number of aromatic nitrogens is 1. The van der Waals surface area contributed by atoms with E-state index in [9.17, 15) is 4.79 Å². The molecule has 2 aromatic rings. The molecule has 1 aromatic heterocycles. The van der Waals surface area contributed by atoms with Crippen LogP contribution in [0.15, 0.2) is 29.6 Å². The van der Waals surface area contributed by atoms with Crippen LogP contribution in [0.2, 0.25) is 5.02 Å². The Bertz CT molecular complexity index is 635. The fourth-order valence-corrected chi connectivity index (χ4v) is 3.46. The Hall–Kier alpha value is -1.43. The highest BCUT2D eigenvalue weighted by atomic mass is 35.5. The Morgan fingerprint density at radius 1 is 1.41 bits per heavy atom. The molecule has 116 valence electrons. The van der Waals surface area contributed by atoms with E-state index >= 15 is 0 Å². The zero-order valence-corrected chi connectivity index (χ0v) is 13.7. The highest BCUT2D eigenvalue weighted by Crippen LogP contribution is 2.25. The van der Waals surface area contributed by atoms with Gasteiger partial charge in [0, 0.05) is 22.5 Å². The van der Waals surface area contributed by atoms with E-state index in [1.54, 1.807) is 5.38 Å².